The highest BCUT2D eigenvalue weighted by atomic mass is 79.9. The molecule has 0 radical (unpaired) electrons. The van der Waals surface area contributed by atoms with Crippen molar-refractivity contribution in [3.8, 4) is 5.75 Å². The van der Waals surface area contributed by atoms with Crippen molar-refractivity contribution in [1.82, 2.24) is 0 Å². The monoisotopic (exact) mass is 379 g/mol. The fourth-order valence-corrected chi connectivity index (χ4v) is 2.49. The molecule has 0 fully saturated rings. The van der Waals surface area contributed by atoms with E-state index in [0.29, 0.717) is 14.7 Å². The van der Waals surface area contributed by atoms with Crippen LogP contribution in [0.5, 0.6) is 5.75 Å². The zero-order chi connectivity index (χ0) is 13.9. The van der Waals surface area contributed by atoms with Gasteiger partial charge in [0.2, 0.25) is 0 Å². The van der Waals surface area contributed by atoms with Crippen LogP contribution in [0, 0.1) is 16.0 Å². The number of nitrogens with zero attached hydrogens (tertiary/aromatic N) is 1. The van der Waals surface area contributed by atoms with Gasteiger partial charge in [-0.15, -0.1) is 0 Å². The van der Waals surface area contributed by atoms with Crippen LogP contribution in [0.25, 0.3) is 0 Å². The first-order valence-electron chi connectivity index (χ1n) is 5.12. The summed E-state index contributed by atoms with van der Waals surface area (Å²) >= 11 is 6.37. The number of rotatable bonds is 5. The zero-order valence-electron chi connectivity index (χ0n) is 9.78. The molecule has 0 atom stereocenters. The van der Waals surface area contributed by atoms with Gasteiger partial charge in [-0.05, 0) is 31.9 Å². The number of nitro benzene ring substituents is 1. The number of halogens is 2. The van der Waals surface area contributed by atoms with E-state index < -0.39 is 4.92 Å². The molecule has 0 bridgehead atoms. The lowest BCUT2D eigenvalue weighted by molar-refractivity contribution is -0.385. The van der Waals surface area contributed by atoms with Crippen LogP contribution < -0.4 is 4.74 Å². The summed E-state index contributed by atoms with van der Waals surface area (Å²) in [6.07, 6.45) is 0. The second-order valence-electron chi connectivity index (χ2n) is 3.91. The topological polar surface area (TPSA) is 69.4 Å². The smallest absolute Gasteiger partial charge is 0.271 e. The van der Waals surface area contributed by atoms with Gasteiger partial charge in [0.1, 0.15) is 12.4 Å². The Morgan fingerprint density at radius 2 is 1.89 bits per heavy atom. The average Bonchev–Trinajstić information content (AvgIpc) is 2.26. The molecule has 0 aliphatic rings. The summed E-state index contributed by atoms with van der Waals surface area (Å²) in [6, 6.07) is 2.67. The number of hydrogen-bond acceptors (Lipinski definition) is 4. The van der Waals surface area contributed by atoms with Gasteiger partial charge in [0.25, 0.3) is 5.69 Å². The number of carbonyl (C=O) groups excluding carboxylic acids is 1. The van der Waals surface area contributed by atoms with Crippen LogP contribution in [0.3, 0.4) is 0 Å². The van der Waals surface area contributed by atoms with E-state index in [0.717, 1.165) is 0 Å². The highest BCUT2D eigenvalue weighted by molar-refractivity contribution is 9.11. The molecule has 5 nitrogen and oxygen atoms in total. The van der Waals surface area contributed by atoms with Gasteiger partial charge in [-0.25, -0.2) is 0 Å². The molecule has 7 heteroatoms. The molecule has 0 amide bonds. The Hall–Kier alpha value is -0.950. The molecule has 98 valence electrons. The summed E-state index contributed by atoms with van der Waals surface area (Å²) in [6.45, 7) is 3.50. The van der Waals surface area contributed by atoms with E-state index in [2.05, 4.69) is 31.9 Å². The Morgan fingerprint density at radius 3 is 2.28 bits per heavy atom. The third-order valence-corrected chi connectivity index (χ3v) is 3.37. The van der Waals surface area contributed by atoms with Crippen molar-refractivity contribution >= 4 is 43.3 Å². The molecule has 1 aromatic carbocycles. The van der Waals surface area contributed by atoms with Crippen molar-refractivity contribution in [3.05, 3.63) is 31.2 Å². The van der Waals surface area contributed by atoms with Crippen LogP contribution in [0.15, 0.2) is 21.1 Å². The molecular weight excluding hydrogens is 370 g/mol. The lowest BCUT2D eigenvalue weighted by Gasteiger charge is -2.10. The maximum absolute atomic E-state index is 11.5. The van der Waals surface area contributed by atoms with Gasteiger partial charge in [0.15, 0.2) is 5.78 Å². The van der Waals surface area contributed by atoms with Crippen molar-refractivity contribution in [2.24, 2.45) is 5.92 Å². The van der Waals surface area contributed by atoms with E-state index in [1.807, 2.05) is 0 Å². The van der Waals surface area contributed by atoms with Crippen LogP contribution >= 0.6 is 31.9 Å². The molecule has 0 N–H and O–H groups in total. The number of carbonyl (C=O) groups is 1. The fourth-order valence-electron chi connectivity index (χ4n) is 1.10. The second kappa shape index (κ2) is 6.29. The third kappa shape index (κ3) is 3.78. The summed E-state index contributed by atoms with van der Waals surface area (Å²) in [5.74, 6) is 0.238. The van der Waals surface area contributed by atoms with Gasteiger partial charge in [0, 0.05) is 18.1 Å². The van der Waals surface area contributed by atoms with Gasteiger partial charge < -0.3 is 4.74 Å². The zero-order valence-corrected chi connectivity index (χ0v) is 12.9. The Morgan fingerprint density at radius 1 is 1.39 bits per heavy atom. The Bertz CT molecular complexity index is 465. The van der Waals surface area contributed by atoms with E-state index in [-0.39, 0.29) is 24.0 Å². The second-order valence-corrected chi connectivity index (χ2v) is 5.61. The molecule has 18 heavy (non-hydrogen) atoms. The maximum Gasteiger partial charge on any atom is 0.271 e. The van der Waals surface area contributed by atoms with Crippen molar-refractivity contribution in [2.45, 2.75) is 13.8 Å². The maximum atomic E-state index is 11.5. The number of nitro groups is 1. The van der Waals surface area contributed by atoms with E-state index in [1.165, 1.54) is 12.1 Å². The number of ether oxygens (including phenoxy) is 1. The van der Waals surface area contributed by atoms with Crippen molar-refractivity contribution in [1.29, 1.82) is 0 Å². The predicted molar refractivity (Wildman–Crippen MR) is 73.8 cm³/mol. The molecule has 1 rings (SSSR count). The normalized spacial score (nSPS) is 10.5. The Labute approximate surface area is 121 Å². The Kier molecular flexibility index (Phi) is 5.28. The number of ketones is 1. The van der Waals surface area contributed by atoms with Crippen LogP contribution in [0.2, 0.25) is 0 Å². The first-order chi connectivity index (χ1) is 8.32. The third-order valence-electron chi connectivity index (χ3n) is 2.20. The summed E-state index contributed by atoms with van der Waals surface area (Å²) in [4.78, 5) is 21.6. The van der Waals surface area contributed by atoms with Gasteiger partial charge in [-0.1, -0.05) is 13.8 Å². The van der Waals surface area contributed by atoms with E-state index in [4.69, 9.17) is 4.74 Å². The van der Waals surface area contributed by atoms with Crippen molar-refractivity contribution < 1.29 is 14.5 Å². The molecule has 0 heterocycles. The van der Waals surface area contributed by atoms with Gasteiger partial charge in [-0.3, -0.25) is 14.9 Å². The van der Waals surface area contributed by atoms with Crippen LogP contribution in [0.4, 0.5) is 5.69 Å². The molecule has 0 spiro atoms. The first kappa shape index (κ1) is 15.1. The minimum absolute atomic E-state index is 0.0350. The highest BCUT2D eigenvalue weighted by Crippen LogP contribution is 2.37. The van der Waals surface area contributed by atoms with Crippen LogP contribution in [-0.4, -0.2) is 17.3 Å². The van der Waals surface area contributed by atoms with Gasteiger partial charge in [-0.2, -0.15) is 0 Å². The Balaban J connectivity index is 2.91. The largest absolute Gasteiger partial charge is 0.483 e. The lowest BCUT2D eigenvalue weighted by Crippen LogP contribution is -2.17. The van der Waals surface area contributed by atoms with E-state index >= 15 is 0 Å². The quantitative estimate of drug-likeness (QED) is 0.576. The van der Waals surface area contributed by atoms with E-state index in [1.54, 1.807) is 13.8 Å². The molecule has 1 aromatic rings. The van der Waals surface area contributed by atoms with Gasteiger partial charge >= 0.3 is 0 Å². The summed E-state index contributed by atoms with van der Waals surface area (Å²) in [5, 5.41) is 10.6. The van der Waals surface area contributed by atoms with Crippen LogP contribution in [-0.2, 0) is 4.79 Å². The fraction of sp³-hybridized carbons (Fsp3) is 0.364. The molecule has 0 saturated heterocycles. The van der Waals surface area contributed by atoms with Crippen LogP contribution in [0.1, 0.15) is 13.8 Å². The molecule has 0 aliphatic carbocycles. The first-order valence-corrected chi connectivity index (χ1v) is 6.70. The summed E-state index contributed by atoms with van der Waals surface area (Å²) in [7, 11) is 0. The van der Waals surface area contributed by atoms with Crippen molar-refractivity contribution in [3.63, 3.8) is 0 Å². The summed E-state index contributed by atoms with van der Waals surface area (Å²) in [5.41, 5.74) is -0.0590. The molecular formula is C11H11Br2NO4. The minimum Gasteiger partial charge on any atom is -0.483 e. The SMILES string of the molecule is CC(C)C(=O)COc1c(Br)cc([N+](=O)[O-])cc1Br. The predicted octanol–water partition coefficient (Wildman–Crippen LogP) is 3.72. The molecule has 0 saturated carbocycles. The van der Waals surface area contributed by atoms with Gasteiger partial charge in [0.05, 0.1) is 13.9 Å². The lowest BCUT2D eigenvalue weighted by atomic mass is 10.1. The molecule has 0 aliphatic heterocycles. The minimum atomic E-state index is -0.501. The number of Topliss-reactive ketones (excluding diaryl/α,β-unsaturated/α-hetero) is 1. The molecule has 0 unspecified atom stereocenters. The molecule has 0 aromatic heterocycles. The summed E-state index contributed by atoms with van der Waals surface area (Å²) < 4.78 is 6.22. The number of benzene rings is 1. The van der Waals surface area contributed by atoms with Crippen molar-refractivity contribution in [2.75, 3.05) is 6.61 Å². The highest BCUT2D eigenvalue weighted by Gasteiger charge is 2.16. The number of non-ortho nitro benzene ring substituents is 1. The van der Waals surface area contributed by atoms with E-state index in [9.17, 15) is 14.9 Å². The average molecular weight is 381 g/mol. The standard InChI is InChI=1S/C11H11Br2NO4/c1-6(2)10(15)5-18-11-8(12)3-7(14(16)17)4-9(11)13/h3-4,6H,5H2,1-2H3. The number of hydrogen-bond donors (Lipinski definition) is 0.